The maximum absolute atomic E-state index is 12.4. The van der Waals surface area contributed by atoms with E-state index in [1.54, 1.807) is 12.3 Å². The van der Waals surface area contributed by atoms with E-state index in [1.165, 1.54) is 25.7 Å². The minimum Gasteiger partial charge on any atom is -0.324 e. The Morgan fingerprint density at radius 2 is 1.95 bits per heavy atom. The fourth-order valence-electron chi connectivity index (χ4n) is 3.66. The van der Waals surface area contributed by atoms with Gasteiger partial charge in [0.25, 0.3) is 0 Å². The number of nitrogens with zero attached hydrogens (tertiary/aromatic N) is 2. The quantitative estimate of drug-likeness (QED) is 0.789. The first-order valence-corrected chi connectivity index (χ1v) is 8.14. The van der Waals surface area contributed by atoms with Crippen molar-refractivity contribution in [2.24, 2.45) is 5.41 Å². The fourth-order valence-corrected chi connectivity index (χ4v) is 3.87. The summed E-state index contributed by atoms with van der Waals surface area (Å²) < 4.78 is 0. The number of rotatable bonds is 1. The van der Waals surface area contributed by atoms with E-state index in [0.29, 0.717) is 10.6 Å². The molecule has 0 aromatic carbocycles. The average Bonchev–Trinajstić information content (AvgIpc) is 2.91. The number of hydrogen-bond donors (Lipinski definition) is 1. The number of nitrogens with one attached hydrogen (secondary N) is 1. The average molecular weight is 308 g/mol. The number of anilines is 1. The highest BCUT2D eigenvalue weighted by molar-refractivity contribution is 6.29. The van der Waals surface area contributed by atoms with Gasteiger partial charge in [-0.3, -0.25) is 0 Å². The highest BCUT2D eigenvalue weighted by Gasteiger charge is 2.37. The summed E-state index contributed by atoms with van der Waals surface area (Å²) in [7, 11) is 0. The first kappa shape index (κ1) is 14.6. The van der Waals surface area contributed by atoms with Crippen LogP contribution in [0.4, 0.5) is 10.5 Å². The second-order valence-electron chi connectivity index (χ2n) is 6.45. The van der Waals surface area contributed by atoms with Crippen LogP contribution in [-0.4, -0.2) is 29.0 Å². The number of halogens is 1. The number of piperidine rings is 1. The smallest absolute Gasteiger partial charge is 0.321 e. The summed E-state index contributed by atoms with van der Waals surface area (Å²) in [6, 6.07) is 1.75. The third kappa shape index (κ3) is 3.15. The predicted octanol–water partition coefficient (Wildman–Crippen LogP) is 4.23. The molecule has 0 atom stereocenters. The van der Waals surface area contributed by atoms with E-state index in [4.69, 9.17) is 11.6 Å². The van der Waals surface area contributed by atoms with Gasteiger partial charge in [0.1, 0.15) is 5.15 Å². The molecule has 2 amide bonds. The SMILES string of the molecule is Cc1cc(Cl)ncc1NC(=O)N1CCC2(CCCC2)CC1. The number of urea groups is 1. The van der Waals surface area contributed by atoms with E-state index in [2.05, 4.69) is 10.3 Å². The molecule has 1 aromatic rings. The van der Waals surface area contributed by atoms with Crippen LogP contribution < -0.4 is 5.32 Å². The third-order valence-corrected chi connectivity index (χ3v) is 5.30. The lowest BCUT2D eigenvalue weighted by Crippen LogP contribution is -2.44. The molecule has 1 aliphatic carbocycles. The molecule has 21 heavy (non-hydrogen) atoms. The van der Waals surface area contributed by atoms with Gasteiger partial charge in [-0.05, 0) is 49.7 Å². The fraction of sp³-hybridized carbons (Fsp3) is 0.625. The van der Waals surface area contributed by atoms with Gasteiger partial charge in [0, 0.05) is 13.1 Å². The molecule has 2 aliphatic rings. The van der Waals surface area contributed by atoms with Crippen molar-refractivity contribution < 1.29 is 4.79 Å². The molecule has 0 unspecified atom stereocenters. The third-order valence-electron chi connectivity index (χ3n) is 5.09. The number of amides is 2. The van der Waals surface area contributed by atoms with Crippen molar-refractivity contribution in [3.63, 3.8) is 0 Å². The molecule has 3 rings (SSSR count). The number of aryl methyl sites for hydroxylation is 1. The lowest BCUT2D eigenvalue weighted by atomic mass is 9.77. The van der Waals surface area contributed by atoms with Gasteiger partial charge < -0.3 is 10.2 Å². The highest BCUT2D eigenvalue weighted by Crippen LogP contribution is 2.46. The summed E-state index contributed by atoms with van der Waals surface area (Å²) in [5, 5.41) is 3.40. The van der Waals surface area contributed by atoms with E-state index < -0.39 is 0 Å². The summed E-state index contributed by atoms with van der Waals surface area (Å²) in [5.41, 5.74) is 2.22. The van der Waals surface area contributed by atoms with Gasteiger partial charge in [0.2, 0.25) is 0 Å². The molecule has 1 N–H and O–H groups in total. The van der Waals surface area contributed by atoms with Gasteiger partial charge in [0.05, 0.1) is 11.9 Å². The van der Waals surface area contributed by atoms with E-state index in [-0.39, 0.29) is 6.03 Å². The van der Waals surface area contributed by atoms with Crippen molar-refractivity contribution in [1.29, 1.82) is 0 Å². The summed E-state index contributed by atoms with van der Waals surface area (Å²) in [6.45, 7) is 3.66. The number of aromatic nitrogens is 1. The summed E-state index contributed by atoms with van der Waals surface area (Å²) in [5.74, 6) is 0. The highest BCUT2D eigenvalue weighted by atomic mass is 35.5. The van der Waals surface area contributed by atoms with Crippen LogP contribution >= 0.6 is 11.6 Å². The molecule has 2 fully saturated rings. The molecule has 4 nitrogen and oxygen atoms in total. The molecule has 5 heteroatoms. The molecule has 1 spiro atoms. The monoisotopic (exact) mass is 307 g/mol. The van der Waals surface area contributed by atoms with Crippen LogP contribution in [0.5, 0.6) is 0 Å². The van der Waals surface area contributed by atoms with Crippen molar-refractivity contribution >= 4 is 23.3 Å². The van der Waals surface area contributed by atoms with Crippen molar-refractivity contribution in [3.8, 4) is 0 Å². The lowest BCUT2D eigenvalue weighted by Gasteiger charge is -2.39. The predicted molar refractivity (Wildman–Crippen MR) is 84.7 cm³/mol. The Balaban J connectivity index is 1.59. The Morgan fingerprint density at radius 1 is 1.29 bits per heavy atom. The maximum atomic E-state index is 12.4. The lowest BCUT2D eigenvalue weighted by molar-refractivity contribution is 0.127. The van der Waals surface area contributed by atoms with Crippen LogP contribution in [0.25, 0.3) is 0 Å². The molecule has 0 bridgehead atoms. The zero-order valence-corrected chi connectivity index (χ0v) is 13.2. The van der Waals surface area contributed by atoms with E-state index in [1.807, 2.05) is 11.8 Å². The number of carbonyl (C=O) groups excluding carboxylic acids is 1. The van der Waals surface area contributed by atoms with Crippen molar-refractivity contribution in [2.45, 2.75) is 45.4 Å². The van der Waals surface area contributed by atoms with E-state index in [0.717, 1.165) is 37.2 Å². The number of likely N-dealkylation sites (tertiary alicyclic amines) is 1. The minimum absolute atomic E-state index is 0.0185. The van der Waals surface area contributed by atoms with Crippen molar-refractivity contribution in [3.05, 3.63) is 23.0 Å². The number of hydrogen-bond acceptors (Lipinski definition) is 2. The topological polar surface area (TPSA) is 45.2 Å². The van der Waals surface area contributed by atoms with Crippen molar-refractivity contribution in [2.75, 3.05) is 18.4 Å². The molecule has 0 radical (unpaired) electrons. The molecular formula is C16H22ClN3O. The first-order chi connectivity index (χ1) is 10.1. The Bertz CT molecular complexity index is 530. The molecule has 1 saturated carbocycles. The molecule has 114 valence electrons. The van der Waals surface area contributed by atoms with Crippen LogP contribution in [0.3, 0.4) is 0 Å². The van der Waals surface area contributed by atoms with Crippen LogP contribution in [0.1, 0.15) is 44.1 Å². The Morgan fingerprint density at radius 3 is 2.57 bits per heavy atom. The second-order valence-corrected chi connectivity index (χ2v) is 6.83. The van der Waals surface area contributed by atoms with Crippen LogP contribution in [0.2, 0.25) is 5.15 Å². The van der Waals surface area contributed by atoms with Crippen LogP contribution in [0.15, 0.2) is 12.3 Å². The molecule has 2 heterocycles. The Labute approximate surface area is 130 Å². The van der Waals surface area contributed by atoms with Gasteiger partial charge in [-0.1, -0.05) is 24.4 Å². The largest absolute Gasteiger partial charge is 0.324 e. The molecule has 1 saturated heterocycles. The van der Waals surface area contributed by atoms with Gasteiger partial charge in [-0.25, -0.2) is 9.78 Å². The second kappa shape index (κ2) is 5.84. The van der Waals surface area contributed by atoms with E-state index >= 15 is 0 Å². The van der Waals surface area contributed by atoms with Crippen LogP contribution in [-0.2, 0) is 0 Å². The van der Waals surface area contributed by atoms with Gasteiger partial charge in [-0.15, -0.1) is 0 Å². The standard InChI is InChI=1S/C16H22ClN3O/c1-12-10-14(17)18-11-13(12)19-15(21)20-8-6-16(7-9-20)4-2-3-5-16/h10-11H,2-9H2,1H3,(H,19,21). The summed E-state index contributed by atoms with van der Waals surface area (Å²) in [4.78, 5) is 18.3. The molecule has 1 aliphatic heterocycles. The first-order valence-electron chi connectivity index (χ1n) is 7.76. The molecular weight excluding hydrogens is 286 g/mol. The summed E-state index contributed by atoms with van der Waals surface area (Å²) >= 11 is 5.84. The van der Waals surface area contributed by atoms with Gasteiger partial charge in [-0.2, -0.15) is 0 Å². The zero-order valence-electron chi connectivity index (χ0n) is 12.5. The Hall–Kier alpha value is -1.29. The number of carbonyl (C=O) groups is 1. The van der Waals surface area contributed by atoms with Crippen LogP contribution in [0, 0.1) is 12.3 Å². The molecule has 1 aromatic heterocycles. The van der Waals surface area contributed by atoms with Crippen molar-refractivity contribution in [1.82, 2.24) is 9.88 Å². The van der Waals surface area contributed by atoms with Gasteiger partial charge in [0.15, 0.2) is 0 Å². The van der Waals surface area contributed by atoms with E-state index in [9.17, 15) is 4.79 Å². The Kier molecular flexibility index (Phi) is 4.07. The number of pyridine rings is 1. The minimum atomic E-state index is -0.0185. The normalized spacial score (nSPS) is 20.8. The maximum Gasteiger partial charge on any atom is 0.321 e. The van der Waals surface area contributed by atoms with Gasteiger partial charge >= 0.3 is 6.03 Å². The zero-order chi connectivity index (χ0) is 14.9. The summed E-state index contributed by atoms with van der Waals surface area (Å²) in [6.07, 6.45) is 9.35.